The number of hydrogen-bond acceptors (Lipinski definition) is 3. The van der Waals surface area contributed by atoms with Gasteiger partial charge in [0.05, 0.1) is 11.4 Å². The van der Waals surface area contributed by atoms with E-state index in [-0.39, 0.29) is 5.75 Å². The van der Waals surface area contributed by atoms with Crippen LogP contribution in [0.1, 0.15) is 0 Å². The lowest BCUT2D eigenvalue weighted by Gasteiger charge is -2.00. The number of azo groups is 1. The van der Waals surface area contributed by atoms with Crippen molar-refractivity contribution < 1.29 is 5.11 Å². The number of aromatic hydroxyl groups is 1. The molecule has 0 aromatic heterocycles. The Kier molecular flexibility index (Phi) is 2.94. The van der Waals surface area contributed by atoms with Crippen LogP contribution in [0, 0.1) is 0 Å². The molecule has 1 N–H and O–H groups in total. The Morgan fingerprint density at radius 1 is 0.684 bits per heavy atom. The van der Waals surface area contributed by atoms with Crippen molar-refractivity contribution >= 4 is 22.1 Å². The lowest BCUT2D eigenvalue weighted by Crippen LogP contribution is -1.72. The van der Waals surface area contributed by atoms with Gasteiger partial charge in [-0.25, -0.2) is 0 Å². The molecule has 0 heterocycles. The summed E-state index contributed by atoms with van der Waals surface area (Å²) in [6.45, 7) is 0. The third kappa shape index (κ3) is 2.45. The molecule has 0 atom stereocenters. The highest BCUT2D eigenvalue weighted by atomic mass is 16.3. The number of benzene rings is 3. The van der Waals surface area contributed by atoms with Gasteiger partial charge < -0.3 is 5.11 Å². The highest BCUT2D eigenvalue weighted by molar-refractivity contribution is 5.92. The molecule has 3 nitrogen and oxygen atoms in total. The molecular weight excluding hydrogens is 236 g/mol. The van der Waals surface area contributed by atoms with Crippen LogP contribution in [0.2, 0.25) is 0 Å². The van der Waals surface area contributed by atoms with E-state index in [1.165, 1.54) is 0 Å². The van der Waals surface area contributed by atoms with Crippen LogP contribution < -0.4 is 0 Å². The summed E-state index contributed by atoms with van der Waals surface area (Å²) in [4.78, 5) is 0. The fourth-order valence-electron chi connectivity index (χ4n) is 1.93. The van der Waals surface area contributed by atoms with Crippen molar-refractivity contribution in [2.24, 2.45) is 10.2 Å². The van der Waals surface area contributed by atoms with Gasteiger partial charge in [0.15, 0.2) is 0 Å². The number of fused-ring (bicyclic) bond motifs is 1. The third-order valence-corrected chi connectivity index (χ3v) is 2.89. The van der Waals surface area contributed by atoms with E-state index >= 15 is 0 Å². The summed E-state index contributed by atoms with van der Waals surface area (Å²) in [5.41, 5.74) is 1.55. The van der Waals surface area contributed by atoms with Crippen LogP contribution >= 0.6 is 0 Å². The minimum atomic E-state index is 0.226. The van der Waals surface area contributed by atoms with Crippen molar-refractivity contribution in [1.82, 2.24) is 0 Å². The fourth-order valence-corrected chi connectivity index (χ4v) is 1.93. The van der Waals surface area contributed by atoms with Gasteiger partial charge >= 0.3 is 0 Å². The number of phenolic OH excluding ortho intramolecular Hbond substituents is 1. The summed E-state index contributed by atoms with van der Waals surface area (Å²) in [5, 5.41) is 19.9. The molecule has 0 aliphatic carbocycles. The first-order valence-electron chi connectivity index (χ1n) is 6.01. The molecule has 0 bridgehead atoms. The lowest BCUT2D eigenvalue weighted by atomic mass is 10.1. The van der Waals surface area contributed by atoms with Gasteiger partial charge in [0.1, 0.15) is 5.75 Å². The predicted octanol–water partition coefficient (Wildman–Crippen LogP) is 4.96. The predicted molar refractivity (Wildman–Crippen MR) is 76.2 cm³/mol. The molecule has 0 aliphatic rings. The summed E-state index contributed by atoms with van der Waals surface area (Å²) in [5.74, 6) is 0.226. The Bertz CT molecular complexity index is 728. The molecule has 0 radical (unpaired) electrons. The van der Waals surface area contributed by atoms with Crippen molar-refractivity contribution in [1.29, 1.82) is 0 Å². The van der Waals surface area contributed by atoms with Gasteiger partial charge in [-0.1, -0.05) is 36.4 Å². The Balaban J connectivity index is 1.99. The fraction of sp³-hybridized carbons (Fsp3) is 0. The van der Waals surface area contributed by atoms with Crippen LogP contribution in [0.4, 0.5) is 11.4 Å². The third-order valence-electron chi connectivity index (χ3n) is 2.89. The van der Waals surface area contributed by atoms with E-state index in [4.69, 9.17) is 0 Å². The van der Waals surface area contributed by atoms with Gasteiger partial charge in [-0.3, -0.25) is 0 Å². The molecule has 0 fully saturated rings. The van der Waals surface area contributed by atoms with Gasteiger partial charge in [0, 0.05) is 5.39 Å². The molecule has 3 aromatic rings. The van der Waals surface area contributed by atoms with Gasteiger partial charge in [-0.15, -0.1) is 5.11 Å². The molecular formula is C16H12N2O. The molecule has 0 spiro atoms. The Labute approximate surface area is 110 Å². The molecule has 0 aliphatic heterocycles. The Morgan fingerprint density at radius 2 is 1.42 bits per heavy atom. The zero-order valence-electron chi connectivity index (χ0n) is 10.2. The van der Waals surface area contributed by atoms with E-state index in [9.17, 15) is 5.11 Å². The van der Waals surface area contributed by atoms with Crippen LogP contribution in [0.25, 0.3) is 10.8 Å². The van der Waals surface area contributed by atoms with Crippen LogP contribution in [0.15, 0.2) is 77.0 Å². The first kappa shape index (κ1) is 11.4. The lowest BCUT2D eigenvalue weighted by molar-refractivity contribution is 0.475. The average molecular weight is 248 g/mol. The summed E-state index contributed by atoms with van der Waals surface area (Å²) in [6.07, 6.45) is 0. The van der Waals surface area contributed by atoms with Crippen LogP contribution in [0.3, 0.4) is 0 Å². The van der Waals surface area contributed by atoms with E-state index in [0.29, 0.717) is 5.69 Å². The quantitative estimate of drug-likeness (QED) is 0.640. The maximum Gasteiger partial charge on any atom is 0.115 e. The first-order chi connectivity index (χ1) is 9.33. The number of phenols is 1. The molecule has 0 saturated carbocycles. The zero-order valence-corrected chi connectivity index (χ0v) is 10.2. The summed E-state index contributed by atoms with van der Waals surface area (Å²) >= 11 is 0. The molecule has 0 amide bonds. The zero-order chi connectivity index (χ0) is 13.1. The van der Waals surface area contributed by atoms with Gasteiger partial charge in [-0.2, -0.15) is 5.11 Å². The van der Waals surface area contributed by atoms with Gasteiger partial charge in [-0.05, 0) is 35.7 Å². The largest absolute Gasteiger partial charge is 0.508 e. The highest BCUT2D eigenvalue weighted by Crippen LogP contribution is 2.27. The van der Waals surface area contributed by atoms with Gasteiger partial charge in [0.2, 0.25) is 0 Å². The maximum atomic E-state index is 9.21. The minimum absolute atomic E-state index is 0.226. The molecule has 3 rings (SSSR count). The minimum Gasteiger partial charge on any atom is -0.508 e. The van der Waals surface area contributed by atoms with Crippen molar-refractivity contribution in [3.05, 3.63) is 66.7 Å². The van der Waals surface area contributed by atoms with E-state index in [1.807, 2.05) is 30.3 Å². The topological polar surface area (TPSA) is 45.0 Å². The molecule has 3 heteroatoms. The highest BCUT2D eigenvalue weighted by Gasteiger charge is 1.98. The van der Waals surface area contributed by atoms with E-state index in [1.54, 1.807) is 24.3 Å². The Hall–Kier alpha value is -2.68. The van der Waals surface area contributed by atoms with Gasteiger partial charge in [0.25, 0.3) is 0 Å². The van der Waals surface area contributed by atoms with Crippen molar-refractivity contribution in [2.75, 3.05) is 0 Å². The molecule has 0 unspecified atom stereocenters. The first-order valence-corrected chi connectivity index (χ1v) is 6.01. The van der Waals surface area contributed by atoms with Crippen LogP contribution in [-0.4, -0.2) is 5.11 Å². The average Bonchev–Trinajstić information content (AvgIpc) is 2.47. The SMILES string of the molecule is Oc1ccc(N=Nc2cccc3ccccc23)cc1. The van der Waals surface area contributed by atoms with Crippen molar-refractivity contribution in [3.63, 3.8) is 0 Å². The molecule has 92 valence electrons. The van der Waals surface area contributed by atoms with Crippen LogP contribution in [-0.2, 0) is 0 Å². The molecule has 19 heavy (non-hydrogen) atoms. The molecule has 0 saturated heterocycles. The number of rotatable bonds is 2. The summed E-state index contributed by atoms with van der Waals surface area (Å²) in [7, 11) is 0. The monoisotopic (exact) mass is 248 g/mol. The normalized spacial score (nSPS) is 11.2. The number of nitrogens with zero attached hydrogens (tertiary/aromatic N) is 2. The number of hydrogen-bond donors (Lipinski definition) is 1. The van der Waals surface area contributed by atoms with Crippen molar-refractivity contribution in [3.8, 4) is 5.75 Å². The Morgan fingerprint density at radius 3 is 2.26 bits per heavy atom. The van der Waals surface area contributed by atoms with Crippen molar-refractivity contribution in [2.45, 2.75) is 0 Å². The second-order valence-electron chi connectivity index (χ2n) is 4.21. The molecule has 3 aromatic carbocycles. The maximum absolute atomic E-state index is 9.21. The second-order valence-corrected chi connectivity index (χ2v) is 4.21. The smallest absolute Gasteiger partial charge is 0.115 e. The van der Waals surface area contributed by atoms with E-state index < -0.39 is 0 Å². The summed E-state index contributed by atoms with van der Waals surface area (Å²) in [6, 6.07) is 20.7. The van der Waals surface area contributed by atoms with Crippen LogP contribution in [0.5, 0.6) is 5.75 Å². The standard InChI is InChI=1S/C16H12N2O/c19-14-10-8-13(9-11-14)17-18-16-7-3-5-12-4-1-2-6-15(12)16/h1-11,19H. The summed E-state index contributed by atoms with van der Waals surface area (Å²) < 4.78 is 0. The van der Waals surface area contributed by atoms with E-state index in [0.717, 1.165) is 16.5 Å². The second kappa shape index (κ2) is 4.90. The van der Waals surface area contributed by atoms with E-state index in [2.05, 4.69) is 22.4 Å².